The zero-order chi connectivity index (χ0) is 18.2. The Bertz CT molecular complexity index is 538. The summed E-state index contributed by atoms with van der Waals surface area (Å²) in [6.07, 6.45) is 7.59. The first-order chi connectivity index (χ1) is 11.6. The first-order valence-corrected chi connectivity index (χ1v) is 7.16. The van der Waals surface area contributed by atoms with Crippen LogP contribution in [0.2, 0.25) is 0 Å². The zero-order valence-electron chi connectivity index (χ0n) is 13.8. The fourth-order valence-electron chi connectivity index (χ4n) is 1.79. The second-order valence-corrected chi connectivity index (χ2v) is 4.65. The highest BCUT2D eigenvalue weighted by Crippen LogP contribution is 1.98. The third-order valence-corrected chi connectivity index (χ3v) is 2.80. The minimum Gasteiger partial charge on any atom is -0.483 e. The number of hydrogen-bond acceptors (Lipinski definition) is 7. The molecular weight excluding hydrogens is 318 g/mol. The Morgan fingerprint density at radius 2 is 1.96 bits per heavy atom. The number of aryl methyl sites for hydroxylation is 2. The SMILES string of the molecule is Cc1nc(CCN(C)CCCn2ccnc2)no1.O=CO.O=CO. The smallest absolute Gasteiger partial charge is 0.290 e. The van der Waals surface area contributed by atoms with E-state index in [1.165, 1.54) is 0 Å². The molecule has 0 atom stereocenters. The van der Waals surface area contributed by atoms with E-state index in [9.17, 15) is 0 Å². The standard InChI is InChI=1S/C12H19N5O.2CH2O2/c1-11-14-12(15-18-11)4-8-16(2)6-3-7-17-9-5-13-10-17;2*2-1-3/h5,9-10H,3-4,6-8H2,1-2H3;2*1H,(H,2,3). The average Bonchev–Trinajstić information content (AvgIpc) is 3.18. The van der Waals surface area contributed by atoms with E-state index in [0.717, 1.165) is 38.3 Å². The van der Waals surface area contributed by atoms with Crippen LogP contribution in [-0.4, -0.2) is 67.9 Å². The Balaban J connectivity index is 0.000000772. The molecule has 0 aliphatic rings. The highest BCUT2D eigenvalue weighted by atomic mass is 16.5. The molecule has 134 valence electrons. The number of aromatic nitrogens is 4. The lowest BCUT2D eigenvalue weighted by molar-refractivity contribution is -0.123. The van der Waals surface area contributed by atoms with E-state index in [1.54, 1.807) is 0 Å². The van der Waals surface area contributed by atoms with Gasteiger partial charge in [0.25, 0.3) is 12.9 Å². The molecule has 2 rings (SSSR count). The van der Waals surface area contributed by atoms with Crippen molar-refractivity contribution in [1.29, 1.82) is 0 Å². The molecule has 2 N–H and O–H groups in total. The van der Waals surface area contributed by atoms with Gasteiger partial charge in [-0.25, -0.2) is 4.98 Å². The molecule has 10 heteroatoms. The second-order valence-electron chi connectivity index (χ2n) is 4.65. The van der Waals surface area contributed by atoms with Crippen LogP contribution in [0.15, 0.2) is 23.2 Å². The predicted molar refractivity (Wildman–Crippen MR) is 84.5 cm³/mol. The van der Waals surface area contributed by atoms with Crippen LogP contribution in [0.25, 0.3) is 0 Å². The van der Waals surface area contributed by atoms with Gasteiger partial charge < -0.3 is 24.2 Å². The van der Waals surface area contributed by atoms with Gasteiger partial charge in [0.05, 0.1) is 6.33 Å². The van der Waals surface area contributed by atoms with Gasteiger partial charge in [-0.3, -0.25) is 9.59 Å². The molecule has 0 spiro atoms. The highest BCUT2D eigenvalue weighted by molar-refractivity contribution is 5.33. The van der Waals surface area contributed by atoms with E-state index in [2.05, 4.69) is 31.6 Å². The summed E-state index contributed by atoms with van der Waals surface area (Å²) in [6, 6.07) is 0. The van der Waals surface area contributed by atoms with Crippen LogP contribution in [0, 0.1) is 6.92 Å². The van der Waals surface area contributed by atoms with E-state index in [1.807, 2.05) is 25.6 Å². The van der Waals surface area contributed by atoms with Crippen molar-refractivity contribution in [3.05, 3.63) is 30.4 Å². The number of carboxylic acid groups (broad SMARTS) is 2. The van der Waals surface area contributed by atoms with Crippen LogP contribution >= 0.6 is 0 Å². The molecular formula is C14H23N5O5. The Kier molecular flexibility index (Phi) is 12.3. The number of imidazole rings is 1. The molecule has 0 amide bonds. The summed E-state index contributed by atoms with van der Waals surface area (Å²) in [6.45, 7) is 4.31. The van der Waals surface area contributed by atoms with Gasteiger partial charge >= 0.3 is 0 Å². The van der Waals surface area contributed by atoms with Crippen molar-refractivity contribution in [2.75, 3.05) is 20.1 Å². The van der Waals surface area contributed by atoms with Crippen LogP contribution in [0.1, 0.15) is 18.1 Å². The van der Waals surface area contributed by atoms with Crippen molar-refractivity contribution in [1.82, 2.24) is 24.6 Å². The molecule has 0 aliphatic carbocycles. The first kappa shape index (κ1) is 21.2. The molecule has 0 saturated heterocycles. The summed E-state index contributed by atoms with van der Waals surface area (Å²) >= 11 is 0. The third-order valence-electron chi connectivity index (χ3n) is 2.80. The Hall–Kier alpha value is -2.75. The molecule has 0 radical (unpaired) electrons. The Morgan fingerprint density at radius 3 is 2.46 bits per heavy atom. The molecule has 0 saturated carbocycles. The quantitative estimate of drug-likeness (QED) is 0.692. The van der Waals surface area contributed by atoms with Gasteiger partial charge in [-0.1, -0.05) is 5.16 Å². The monoisotopic (exact) mass is 341 g/mol. The molecule has 24 heavy (non-hydrogen) atoms. The fraction of sp³-hybridized carbons (Fsp3) is 0.500. The van der Waals surface area contributed by atoms with Crippen molar-refractivity contribution in [2.24, 2.45) is 0 Å². The molecule has 2 heterocycles. The van der Waals surface area contributed by atoms with E-state index in [-0.39, 0.29) is 12.9 Å². The summed E-state index contributed by atoms with van der Waals surface area (Å²) in [5, 5.41) is 17.7. The topological polar surface area (TPSA) is 135 Å². The number of likely N-dealkylation sites (N-methyl/N-ethyl adjacent to an activating group) is 1. The van der Waals surface area contributed by atoms with Crippen molar-refractivity contribution in [3.8, 4) is 0 Å². The summed E-state index contributed by atoms with van der Waals surface area (Å²) < 4.78 is 7.03. The van der Waals surface area contributed by atoms with Crippen LogP contribution in [0.3, 0.4) is 0 Å². The lowest BCUT2D eigenvalue weighted by atomic mass is 10.3. The van der Waals surface area contributed by atoms with Crippen LogP contribution in [0.5, 0.6) is 0 Å². The molecule has 2 aromatic rings. The lowest BCUT2D eigenvalue weighted by Gasteiger charge is -2.15. The summed E-state index contributed by atoms with van der Waals surface area (Å²) in [4.78, 5) is 27.2. The summed E-state index contributed by atoms with van der Waals surface area (Å²) in [5.74, 6) is 1.42. The lowest BCUT2D eigenvalue weighted by Crippen LogP contribution is -2.23. The maximum atomic E-state index is 8.36. The van der Waals surface area contributed by atoms with Gasteiger partial charge in [-0.2, -0.15) is 4.98 Å². The highest BCUT2D eigenvalue weighted by Gasteiger charge is 2.04. The number of carbonyl (C=O) groups is 2. The minimum absolute atomic E-state index is 0.250. The van der Waals surface area contributed by atoms with Crippen molar-refractivity contribution >= 4 is 12.9 Å². The normalized spacial score (nSPS) is 9.46. The van der Waals surface area contributed by atoms with Gasteiger partial charge in [0.15, 0.2) is 5.82 Å². The van der Waals surface area contributed by atoms with E-state index in [0.29, 0.717) is 5.89 Å². The molecule has 10 nitrogen and oxygen atoms in total. The molecule has 0 aliphatic heterocycles. The van der Waals surface area contributed by atoms with E-state index in [4.69, 9.17) is 24.3 Å². The predicted octanol–water partition coefficient (Wildman–Crippen LogP) is 0.541. The first-order valence-electron chi connectivity index (χ1n) is 7.16. The van der Waals surface area contributed by atoms with Crippen LogP contribution < -0.4 is 0 Å². The molecule has 0 unspecified atom stereocenters. The van der Waals surface area contributed by atoms with Gasteiger partial charge in [0.1, 0.15) is 0 Å². The third kappa shape index (κ3) is 10.9. The maximum absolute atomic E-state index is 8.36. The average molecular weight is 341 g/mol. The minimum atomic E-state index is -0.250. The number of nitrogens with zero attached hydrogens (tertiary/aromatic N) is 5. The molecule has 2 aromatic heterocycles. The second kappa shape index (κ2) is 13.9. The fourth-order valence-corrected chi connectivity index (χ4v) is 1.79. The Morgan fingerprint density at radius 1 is 1.29 bits per heavy atom. The summed E-state index contributed by atoms with van der Waals surface area (Å²) in [7, 11) is 2.11. The molecule has 0 bridgehead atoms. The van der Waals surface area contributed by atoms with Gasteiger partial charge in [0.2, 0.25) is 5.89 Å². The van der Waals surface area contributed by atoms with Gasteiger partial charge in [-0.05, 0) is 20.0 Å². The molecule has 0 aromatic carbocycles. The van der Waals surface area contributed by atoms with Crippen LogP contribution in [0.4, 0.5) is 0 Å². The number of hydrogen-bond donors (Lipinski definition) is 2. The van der Waals surface area contributed by atoms with Crippen molar-refractivity contribution < 1.29 is 24.3 Å². The van der Waals surface area contributed by atoms with E-state index < -0.39 is 0 Å². The number of rotatable bonds is 7. The molecule has 0 fully saturated rings. The van der Waals surface area contributed by atoms with Crippen molar-refractivity contribution in [3.63, 3.8) is 0 Å². The van der Waals surface area contributed by atoms with Gasteiger partial charge in [-0.15, -0.1) is 0 Å². The van der Waals surface area contributed by atoms with Gasteiger partial charge in [0, 0.05) is 38.8 Å². The largest absolute Gasteiger partial charge is 0.483 e. The summed E-state index contributed by atoms with van der Waals surface area (Å²) in [5.41, 5.74) is 0. The zero-order valence-corrected chi connectivity index (χ0v) is 13.8. The van der Waals surface area contributed by atoms with Crippen LogP contribution in [-0.2, 0) is 22.6 Å². The van der Waals surface area contributed by atoms with E-state index >= 15 is 0 Å². The van der Waals surface area contributed by atoms with Crippen molar-refractivity contribution in [2.45, 2.75) is 26.3 Å². The Labute approximate surface area is 139 Å². The maximum Gasteiger partial charge on any atom is 0.290 e.